The summed E-state index contributed by atoms with van der Waals surface area (Å²) >= 11 is 5.90. The number of ketones is 1. The molecule has 1 N–H and O–H groups in total. The Kier molecular flexibility index (Phi) is 5.35. The fraction of sp³-hybridized carbons (Fsp3) is 0.409. The molecule has 0 aliphatic carbocycles. The Morgan fingerprint density at radius 3 is 2.10 bits per heavy atom. The summed E-state index contributed by atoms with van der Waals surface area (Å²) in [6.45, 7) is 6.14. The molecule has 3 nitrogen and oxygen atoms in total. The molecule has 0 radical (unpaired) electrons. The molecule has 0 spiro atoms. The highest BCUT2D eigenvalue weighted by Gasteiger charge is 2.54. The normalized spacial score (nSPS) is 23.8. The van der Waals surface area contributed by atoms with Crippen molar-refractivity contribution < 1.29 is 27.8 Å². The second-order valence-electron chi connectivity index (χ2n) is 8.31. The first-order valence-electron chi connectivity index (χ1n) is 9.14. The van der Waals surface area contributed by atoms with E-state index in [0.29, 0.717) is 16.1 Å². The molecule has 7 heteroatoms. The molecular formula is C22H22ClF3O3. The van der Waals surface area contributed by atoms with E-state index in [1.807, 2.05) is 0 Å². The van der Waals surface area contributed by atoms with Gasteiger partial charge < -0.3 is 9.84 Å². The zero-order valence-electron chi connectivity index (χ0n) is 16.5. The van der Waals surface area contributed by atoms with Crippen molar-refractivity contribution in [2.24, 2.45) is 0 Å². The maximum atomic E-state index is 13.8. The van der Waals surface area contributed by atoms with Crippen molar-refractivity contribution >= 4 is 17.4 Å². The molecule has 156 valence electrons. The average Bonchev–Trinajstić information content (AvgIpc) is 2.59. The largest absolute Gasteiger partial charge is 0.416 e. The minimum Gasteiger partial charge on any atom is -0.389 e. The van der Waals surface area contributed by atoms with Crippen LogP contribution in [0.4, 0.5) is 13.2 Å². The van der Waals surface area contributed by atoms with Crippen LogP contribution in [0.15, 0.2) is 42.5 Å². The predicted molar refractivity (Wildman–Crippen MR) is 105 cm³/mol. The summed E-state index contributed by atoms with van der Waals surface area (Å²) in [5, 5.41) is 11.3. The van der Waals surface area contributed by atoms with Gasteiger partial charge in [-0.15, -0.1) is 0 Å². The van der Waals surface area contributed by atoms with Crippen molar-refractivity contribution in [3.63, 3.8) is 0 Å². The number of Topliss-reactive ketones (excluding diaryl/α,β-unsaturated/α-hetero) is 1. The molecule has 1 fully saturated rings. The van der Waals surface area contributed by atoms with E-state index in [1.165, 1.54) is 26.0 Å². The lowest BCUT2D eigenvalue weighted by atomic mass is 9.72. The highest BCUT2D eigenvalue weighted by atomic mass is 35.5. The van der Waals surface area contributed by atoms with Crippen LogP contribution in [-0.2, 0) is 15.7 Å². The van der Waals surface area contributed by atoms with Gasteiger partial charge in [-0.1, -0.05) is 29.8 Å². The Bertz CT molecular complexity index is 933. The second kappa shape index (κ2) is 7.11. The van der Waals surface area contributed by atoms with Gasteiger partial charge in [0.1, 0.15) is 5.60 Å². The van der Waals surface area contributed by atoms with Crippen LogP contribution in [0.5, 0.6) is 0 Å². The molecule has 2 atom stereocenters. The van der Waals surface area contributed by atoms with Gasteiger partial charge in [-0.25, -0.2) is 0 Å². The van der Waals surface area contributed by atoms with Gasteiger partial charge in [0.2, 0.25) is 0 Å². The number of ether oxygens (including phenoxy) is 1. The lowest BCUT2D eigenvalue weighted by Gasteiger charge is -2.48. The van der Waals surface area contributed by atoms with Crippen LogP contribution in [0.2, 0.25) is 5.02 Å². The molecule has 2 aromatic rings. The topological polar surface area (TPSA) is 46.5 Å². The zero-order valence-corrected chi connectivity index (χ0v) is 17.2. The van der Waals surface area contributed by atoms with E-state index in [9.17, 15) is 23.1 Å². The number of rotatable bonds is 2. The Morgan fingerprint density at radius 2 is 1.55 bits per heavy atom. The summed E-state index contributed by atoms with van der Waals surface area (Å²) in [5.74, 6) is -1.97. The van der Waals surface area contributed by atoms with E-state index in [0.717, 1.165) is 6.07 Å². The maximum Gasteiger partial charge on any atom is 0.416 e. The summed E-state index contributed by atoms with van der Waals surface area (Å²) in [5.41, 5.74) is -2.61. The number of carbonyl (C=O) groups is 1. The number of hydrogen-bond acceptors (Lipinski definition) is 3. The van der Waals surface area contributed by atoms with Crippen LogP contribution < -0.4 is 0 Å². The van der Waals surface area contributed by atoms with E-state index in [1.54, 1.807) is 38.1 Å². The summed E-state index contributed by atoms with van der Waals surface area (Å²) in [6, 6.07) is 10.3. The van der Waals surface area contributed by atoms with Gasteiger partial charge in [0, 0.05) is 5.02 Å². The Morgan fingerprint density at radius 1 is 1.00 bits per heavy atom. The van der Waals surface area contributed by atoms with Crippen LogP contribution in [0, 0.1) is 0 Å². The van der Waals surface area contributed by atoms with E-state index < -0.39 is 40.7 Å². The van der Waals surface area contributed by atoms with Crippen molar-refractivity contribution in [2.75, 3.05) is 0 Å². The van der Waals surface area contributed by atoms with E-state index in [4.69, 9.17) is 16.3 Å². The van der Waals surface area contributed by atoms with Crippen molar-refractivity contribution in [1.82, 2.24) is 0 Å². The first-order chi connectivity index (χ1) is 13.2. The molecule has 0 aromatic heterocycles. The summed E-state index contributed by atoms with van der Waals surface area (Å²) in [6.07, 6.45) is -6.12. The van der Waals surface area contributed by atoms with Gasteiger partial charge >= 0.3 is 6.18 Å². The standard InChI is InChI=1S/C22H22ClF3O3/c1-20(2)18(27)17(19(28)21(3,4)29-20)15-11-13(7-10-16(15)22(24,25)26)12-5-8-14(23)9-6-12/h5-11,17-18,27H,1-4H3. The lowest BCUT2D eigenvalue weighted by Crippen LogP contribution is -2.60. The van der Waals surface area contributed by atoms with Crippen molar-refractivity contribution in [2.45, 2.75) is 57.1 Å². The van der Waals surface area contributed by atoms with Gasteiger partial charge in [0.15, 0.2) is 5.78 Å². The van der Waals surface area contributed by atoms with Crippen molar-refractivity contribution in [3.8, 4) is 11.1 Å². The van der Waals surface area contributed by atoms with Crippen molar-refractivity contribution in [3.05, 3.63) is 58.6 Å². The molecular weight excluding hydrogens is 405 g/mol. The molecule has 0 saturated carbocycles. The molecule has 2 aromatic carbocycles. The fourth-order valence-corrected chi connectivity index (χ4v) is 4.02. The molecule has 1 aliphatic rings. The third-order valence-electron chi connectivity index (χ3n) is 5.29. The number of hydrogen-bond donors (Lipinski definition) is 1. The maximum absolute atomic E-state index is 13.8. The Labute approximate surface area is 172 Å². The van der Waals surface area contributed by atoms with E-state index in [2.05, 4.69) is 0 Å². The van der Waals surface area contributed by atoms with Gasteiger partial charge in [-0.3, -0.25) is 4.79 Å². The minimum atomic E-state index is -4.68. The molecule has 2 unspecified atom stereocenters. The Balaban J connectivity index is 2.23. The van der Waals surface area contributed by atoms with Crippen LogP contribution in [-0.4, -0.2) is 28.2 Å². The highest BCUT2D eigenvalue weighted by molar-refractivity contribution is 6.30. The SMILES string of the molecule is CC1(C)OC(C)(C)C(O)C(c2cc(-c3ccc(Cl)cc3)ccc2C(F)(F)F)C1=O. The Hall–Kier alpha value is -1.89. The van der Waals surface area contributed by atoms with E-state index in [-0.39, 0.29) is 5.56 Å². The molecule has 1 aliphatic heterocycles. The number of alkyl halides is 3. The highest BCUT2D eigenvalue weighted by Crippen LogP contribution is 2.46. The van der Waals surface area contributed by atoms with Crippen LogP contribution in [0.1, 0.15) is 44.7 Å². The number of halogens is 4. The molecule has 3 rings (SSSR count). The number of aliphatic hydroxyl groups excluding tert-OH is 1. The quantitative estimate of drug-likeness (QED) is 0.677. The molecule has 29 heavy (non-hydrogen) atoms. The first kappa shape index (κ1) is 21.8. The fourth-order valence-electron chi connectivity index (χ4n) is 3.90. The predicted octanol–water partition coefficient (Wildman–Crippen LogP) is 5.63. The third-order valence-corrected chi connectivity index (χ3v) is 5.54. The monoisotopic (exact) mass is 426 g/mol. The van der Waals surface area contributed by atoms with Crippen LogP contribution >= 0.6 is 11.6 Å². The smallest absolute Gasteiger partial charge is 0.389 e. The second-order valence-corrected chi connectivity index (χ2v) is 8.75. The summed E-state index contributed by atoms with van der Waals surface area (Å²) in [7, 11) is 0. The molecule has 0 bridgehead atoms. The minimum absolute atomic E-state index is 0.257. The first-order valence-corrected chi connectivity index (χ1v) is 9.51. The number of aliphatic hydroxyl groups is 1. The lowest BCUT2D eigenvalue weighted by molar-refractivity contribution is -0.211. The molecule has 1 heterocycles. The summed E-state index contributed by atoms with van der Waals surface area (Å²) in [4.78, 5) is 13.0. The number of benzene rings is 2. The van der Waals surface area contributed by atoms with Crippen molar-refractivity contribution in [1.29, 1.82) is 0 Å². The van der Waals surface area contributed by atoms with Crippen LogP contribution in [0.25, 0.3) is 11.1 Å². The average molecular weight is 427 g/mol. The van der Waals surface area contributed by atoms with Gasteiger partial charge in [0.05, 0.1) is 23.2 Å². The van der Waals surface area contributed by atoms with Gasteiger partial charge in [-0.05, 0) is 68.7 Å². The van der Waals surface area contributed by atoms with Crippen LogP contribution in [0.3, 0.4) is 0 Å². The summed E-state index contributed by atoms with van der Waals surface area (Å²) < 4.78 is 47.1. The van der Waals surface area contributed by atoms with E-state index >= 15 is 0 Å². The molecule has 0 amide bonds. The van der Waals surface area contributed by atoms with Gasteiger partial charge in [0.25, 0.3) is 0 Å². The number of carbonyl (C=O) groups excluding carboxylic acids is 1. The third kappa shape index (κ3) is 4.06. The molecule has 1 saturated heterocycles. The zero-order chi connectivity index (χ0) is 21.8. The van der Waals surface area contributed by atoms with Gasteiger partial charge in [-0.2, -0.15) is 13.2 Å².